The number of nitrogens with one attached hydrogen (secondary N) is 1. The highest BCUT2D eigenvalue weighted by atomic mass is 32.1. The average molecular weight is 420 g/mol. The zero-order valence-electron chi connectivity index (χ0n) is 16.6. The number of para-hydroxylation sites is 2. The topological polar surface area (TPSA) is 82.6 Å². The number of nitrogens with zero attached hydrogens (tertiary/aromatic N) is 3. The molecule has 2 aliphatic rings. The van der Waals surface area contributed by atoms with E-state index >= 15 is 0 Å². The molecule has 2 aliphatic heterocycles. The monoisotopic (exact) mass is 420 g/mol. The summed E-state index contributed by atoms with van der Waals surface area (Å²) >= 11 is 1.37. The molecule has 0 radical (unpaired) electrons. The second kappa shape index (κ2) is 6.63. The summed E-state index contributed by atoms with van der Waals surface area (Å²) < 4.78 is 0.954. The molecule has 8 heteroatoms. The van der Waals surface area contributed by atoms with Crippen molar-refractivity contribution < 1.29 is 14.4 Å². The van der Waals surface area contributed by atoms with E-state index in [0.29, 0.717) is 16.4 Å². The van der Waals surface area contributed by atoms with Crippen molar-refractivity contribution in [3.63, 3.8) is 0 Å². The van der Waals surface area contributed by atoms with Gasteiger partial charge in [-0.2, -0.15) is 0 Å². The van der Waals surface area contributed by atoms with E-state index in [4.69, 9.17) is 0 Å². The SMILES string of the molecule is CC(C)N1C(=O)c2ccccc2N2C(=O)CC[C@]21C(=O)Nc1nc2ccccc2s1. The molecule has 1 aromatic heterocycles. The average Bonchev–Trinajstić information content (AvgIpc) is 3.29. The number of carbonyl (C=O) groups is 3. The Morgan fingerprint density at radius 2 is 1.87 bits per heavy atom. The number of hydrogen-bond acceptors (Lipinski definition) is 5. The van der Waals surface area contributed by atoms with Crippen LogP contribution in [0.3, 0.4) is 0 Å². The molecular formula is C22H20N4O3S. The fraction of sp³-hybridized carbons (Fsp3) is 0.273. The molecule has 3 amide bonds. The lowest BCUT2D eigenvalue weighted by atomic mass is 9.94. The van der Waals surface area contributed by atoms with Crippen LogP contribution in [0.2, 0.25) is 0 Å². The molecule has 0 bridgehead atoms. The maximum Gasteiger partial charge on any atom is 0.273 e. The van der Waals surface area contributed by atoms with Gasteiger partial charge in [-0.1, -0.05) is 35.6 Å². The van der Waals surface area contributed by atoms with Crippen molar-refractivity contribution in [3.8, 4) is 0 Å². The van der Waals surface area contributed by atoms with Gasteiger partial charge in [-0.15, -0.1) is 0 Å². The second-order valence-corrected chi connectivity index (χ2v) is 8.80. The van der Waals surface area contributed by atoms with E-state index < -0.39 is 11.6 Å². The highest BCUT2D eigenvalue weighted by Crippen LogP contribution is 2.46. The second-order valence-electron chi connectivity index (χ2n) is 7.77. The van der Waals surface area contributed by atoms with Crippen LogP contribution in [0.25, 0.3) is 10.2 Å². The largest absolute Gasteiger partial charge is 0.304 e. The summed E-state index contributed by atoms with van der Waals surface area (Å²) in [4.78, 5) is 47.6. The van der Waals surface area contributed by atoms with Crippen molar-refractivity contribution in [3.05, 3.63) is 54.1 Å². The summed E-state index contributed by atoms with van der Waals surface area (Å²) in [5.74, 6) is -0.824. The molecule has 1 saturated heterocycles. The van der Waals surface area contributed by atoms with Crippen LogP contribution in [0.5, 0.6) is 0 Å². The van der Waals surface area contributed by atoms with Gasteiger partial charge in [0, 0.05) is 18.9 Å². The Kier molecular flexibility index (Phi) is 4.14. The van der Waals surface area contributed by atoms with E-state index in [-0.39, 0.29) is 30.7 Å². The molecule has 0 saturated carbocycles. The summed E-state index contributed by atoms with van der Waals surface area (Å²) in [6.45, 7) is 3.72. The van der Waals surface area contributed by atoms with Crippen LogP contribution < -0.4 is 10.2 Å². The van der Waals surface area contributed by atoms with Crippen LogP contribution in [-0.4, -0.2) is 39.3 Å². The van der Waals surface area contributed by atoms with Crippen molar-refractivity contribution in [2.24, 2.45) is 0 Å². The van der Waals surface area contributed by atoms with Crippen molar-refractivity contribution >= 4 is 50.1 Å². The first kappa shape index (κ1) is 18.7. The molecule has 30 heavy (non-hydrogen) atoms. The highest BCUT2D eigenvalue weighted by molar-refractivity contribution is 7.22. The molecule has 3 aromatic rings. The fourth-order valence-corrected chi connectivity index (χ4v) is 5.39. The minimum absolute atomic E-state index is 0.167. The zero-order chi connectivity index (χ0) is 21.0. The van der Waals surface area contributed by atoms with Crippen molar-refractivity contribution in [1.82, 2.24) is 9.88 Å². The van der Waals surface area contributed by atoms with E-state index in [2.05, 4.69) is 10.3 Å². The van der Waals surface area contributed by atoms with Gasteiger partial charge in [0.05, 0.1) is 21.5 Å². The highest BCUT2D eigenvalue weighted by Gasteiger charge is 2.61. The predicted molar refractivity (Wildman–Crippen MR) is 115 cm³/mol. The molecule has 3 heterocycles. The maximum atomic E-state index is 13.7. The Hall–Kier alpha value is -3.26. The van der Waals surface area contributed by atoms with E-state index in [1.165, 1.54) is 16.2 Å². The number of fused-ring (bicyclic) bond motifs is 4. The van der Waals surface area contributed by atoms with Crippen molar-refractivity contribution in [2.45, 2.75) is 38.4 Å². The first-order chi connectivity index (χ1) is 14.4. The van der Waals surface area contributed by atoms with Gasteiger partial charge >= 0.3 is 0 Å². The van der Waals surface area contributed by atoms with E-state index in [9.17, 15) is 14.4 Å². The Balaban J connectivity index is 1.63. The van der Waals surface area contributed by atoms with Crippen molar-refractivity contribution in [1.29, 1.82) is 0 Å². The maximum absolute atomic E-state index is 13.7. The van der Waals surface area contributed by atoms with Crippen LogP contribution in [0.1, 0.15) is 37.0 Å². The van der Waals surface area contributed by atoms with Gasteiger partial charge in [0.15, 0.2) is 5.13 Å². The van der Waals surface area contributed by atoms with Gasteiger partial charge in [0.2, 0.25) is 11.6 Å². The lowest BCUT2D eigenvalue weighted by Crippen LogP contribution is -2.70. The van der Waals surface area contributed by atoms with Crippen LogP contribution in [-0.2, 0) is 9.59 Å². The number of anilines is 2. The Morgan fingerprint density at radius 3 is 2.63 bits per heavy atom. The summed E-state index contributed by atoms with van der Waals surface area (Å²) in [5, 5.41) is 3.35. The summed E-state index contributed by atoms with van der Waals surface area (Å²) in [6, 6.07) is 14.3. The molecule has 2 aromatic carbocycles. The number of rotatable bonds is 3. The number of hydrogen-bond donors (Lipinski definition) is 1. The number of benzene rings is 2. The Bertz CT molecular complexity index is 1170. The van der Waals surface area contributed by atoms with Crippen LogP contribution >= 0.6 is 11.3 Å². The molecule has 0 unspecified atom stereocenters. The number of aromatic nitrogens is 1. The summed E-state index contributed by atoms with van der Waals surface area (Å²) in [7, 11) is 0. The summed E-state index contributed by atoms with van der Waals surface area (Å²) in [6.07, 6.45) is 0.429. The first-order valence-electron chi connectivity index (χ1n) is 9.86. The minimum Gasteiger partial charge on any atom is -0.304 e. The third-order valence-electron chi connectivity index (χ3n) is 5.69. The molecule has 0 aliphatic carbocycles. The summed E-state index contributed by atoms with van der Waals surface area (Å²) in [5.41, 5.74) is 0.306. The van der Waals surface area contributed by atoms with Gasteiger partial charge in [0.1, 0.15) is 0 Å². The van der Waals surface area contributed by atoms with Gasteiger partial charge < -0.3 is 4.90 Å². The standard InChI is InChI=1S/C22H20N4O3S/c1-13(2)25-19(28)14-7-3-5-9-16(14)26-18(27)11-12-22(25,26)20(29)24-21-23-15-8-4-6-10-17(15)30-21/h3-10,13H,11-12H2,1-2H3,(H,23,24,29)/t22-/m1/s1. The lowest BCUT2D eigenvalue weighted by molar-refractivity contribution is -0.129. The quantitative estimate of drug-likeness (QED) is 0.702. The smallest absolute Gasteiger partial charge is 0.273 e. The Labute approximate surface area is 177 Å². The molecule has 1 atom stereocenters. The van der Waals surface area contributed by atoms with Crippen LogP contribution in [0.4, 0.5) is 10.8 Å². The van der Waals surface area contributed by atoms with Gasteiger partial charge in [-0.05, 0) is 38.1 Å². The third-order valence-corrected chi connectivity index (χ3v) is 6.65. The van der Waals surface area contributed by atoms with Gasteiger partial charge in [-0.25, -0.2) is 4.98 Å². The lowest BCUT2D eigenvalue weighted by Gasteiger charge is -2.50. The Morgan fingerprint density at radius 1 is 1.13 bits per heavy atom. The van der Waals surface area contributed by atoms with Crippen LogP contribution in [0.15, 0.2) is 48.5 Å². The molecule has 1 fully saturated rings. The van der Waals surface area contributed by atoms with Gasteiger partial charge in [-0.3, -0.25) is 24.6 Å². The number of thiazole rings is 1. The number of amides is 3. The van der Waals surface area contributed by atoms with Crippen molar-refractivity contribution in [2.75, 3.05) is 10.2 Å². The van der Waals surface area contributed by atoms with E-state index in [1.807, 2.05) is 38.1 Å². The third kappa shape index (κ3) is 2.50. The molecule has 152 valence electrons. The molecular weight excluding hydrogens is 400 g/mol. The minimum atomic E-state index is -1.41. The fourth-order valence-electron chi connectivity index (χ4n) is 4.53. The van der Waals surface area contributed by atoms with Gasteiger partial charge in [0.25, 0.3) is 11.8 Å². The van der Waals surface area contributed by atoms with E-state index in [1.54, 1.807) is 29.2 Å². The van der Waals surface area contributed by atoms with Crippen LogP contribution in [0, 0.1) is 0 Å². The molecule has 0 spiro atoms. The normalized spacial score (nSPS) is 20.6. The molecule has 5 rings (SSSR count). The molecule has 1 N–H and O–H groups in total. The van der Waals surface area contributed by atoms with E-state index in [0.717, 1.165) is 10.2 Å². The first-order valence-corrected chi connectivity index (χ1v) is 10.7. The zero-order valence-corrected chi connectivity index (χ0v) is 17.4. The molecule has 7 nitrogen and oxygen atoms in total. The predicted octanol–water partition coefficient (Wildman–Crippen LogP) is 3.62. The number of carbonyl (C=O) groups excluding carboxylic acids is 3.